The summed E-state index contributed by atoms with van der Waals surface area (Å²) in [7, 11) is -3.59. The maximum absolute atomic E-state index is 12.3. The molecule has 0 spiro atoms. The molecular weight excluding hydrogens is 294 g/mol. The number of hydrogen-bond donors (Lipinski definition) is 2. The third-order valence-corrected chi connectivity index (χ3v) is 5.65. The summed E-state index contributed by atoms with van der Waals surface area (Å²) in [5.41, 5.74) is 6.04. The van der Waals surface area contributed by atoms with Crippen LogP contribution in [0.3, 0.4) is 0 Å². The zero-order valence-corrected chi connectivity index (χ0v) is 13.0. The first-order valence-electron chi connectivity index (χ1n) is 6.25. The second-order valence-corrected chi connectivity index (χ2v) is 7.29. The van der Waals surface area contributed by atoms with Crippen LogP contribution < -0.4 is 10.5 Å². The minimum atomic E-state index is -3.59. The average molecular weight is 311 g/mol. The lowest BCUT2D eigenvalue weighted by Crippen LogP contribution is -2.26. The maximum atomic E-state index is 12.3. The summed E-state index contributed by atoms with van der Waals surface area (Å²) in [5.74, 6) is 0. The molecule has 0 aliphatic rings. The predicted octanol–water partition coefficient (Wildman–Crippen LogP) is 2.33. The van der Waals surface area contributed by atoms with E-state index in [-0.39, 0.29) is 10.9 Å². The molecule has 0 saturated heterocycles. The first-order valence-corrected chi connectivity index (χ1v) is 8.55. The van der Waals surface area contributed by atoms with Crippen molar-refractivity contribution in [2.24, 2.45) is 0 Å². The third-order valence-electron chi connectivity index (χ3n) is 2.79. The normalized spacial score (nSPS) is 13.3. The van der Waals surface area contributed by atoms with Gasteiger partial charge in [0.1, 0.15) is 5.01 Å². The van der Waals surface area contributed by atoms with Gasteiger partial charge in [-0.15, -0.1) is 11.3 Å². The summed E-state index contributed by atoms with van der Waals surface area (Å²) in [5, 5.41) is 0.759. The van der Waals surface area contributed by atoms with E-state index >= 15 is 0 Å². The largest absolute Gasteiger partial charge is 0.399 e. The van der Waals surface area contributed by atoms with Crippen molar-refractivity contribution in [2.45, 2.75) is 31.2 Å². The molecular formula is C13H17N3O2S2. The number of nitrogen functional groups attached to an aromatic ring is 1. The summed E-state index contributed by atoms with van der Waals surface area (Å²) >= 11 is 1.52. The summed E-state index contributed by atoms with van der Waals surface area (Å²) in [6.45, 7) is 3.82. The highest BCUT2D eigenvalue weighted by Crippen LogP contribution is 2.22. The number of anilines is 1. The molecule has 108 valence electrons. The minimum absolute atomic E-state index is 0.164. The molecule has 2 rings (SSSR count). The van der Waals surface area contributed by atoms with Gasteiger partial charge in [0.15, 0.2) is 0 Å². The number of benzene rings is 1. The van der Waals surface area contributed by atoms with E-state index in [9.17, 15) is 8.42 Å². The summed E-state index contributed by atoms with van der Waals surface area (Å²) in [6, 6.07) is 5.86. The van der Waals surface area contributed by atoms with Crippen LogP contribution in [0.5, 0.6) is 0 Å². The lowest BCUT2D eigenvalue weighted by Gasteiger charge is -2.12. The Morgan fingerprint density at radius 1 is 1.45 bits per heavy atom. The van der Waals surface area contributed by atoms with Crippen molar-refractivity contribution in [3.05, 3.63) is 40.3 Å². The molecule has 0 bridgehead atoms. The van der Waals surface area contributed by atoms with Crippen molar-refractivity contribution in [1.29, 1.82) is 0 Å². The molecule has 3 N–H and O–H groups in total. The van der Waals surface area contributed by atoms with E-state index in [2.05, 4.69) is 9.71 Å². The van der Waals surface area contributed by atoms with E-state index in [1.807, 2.05) is 6.92 Å². The number of nitrogens with two attached hydrogens (primary N) is 1. The highest BCUT2D eigenvalue weighted by molar-refractivity contribution is 7.89. The predicted molar refractivity (Wildman–Crippen MR) is 81.1 cm³/mol. The number of nitrogens with one attached hydrogen (secondary N) is 1. The Balaban J connectivity index is 2.19. The Kier molecular flexibility index (Phi) is 4.42. The van der Waals surface area contributed by atoms with E-state index in [4.69, 9.17) is 5.73 Å². The molecule has 0 saturated carbocycles. The van der Waals surface area contributed by atoms with Crippen LogP contribution in [-0.2, 0) is 16.4 Å². The highest BCUT2D eigenvalue weighted by Gasteiger charge is 2.20. The summed E-state index contributed by atoms with van der Waals surface area (Å²) in [6.07, 6.45) is 2.68. The van der Waals surface area contributed by atoms with Crippen molar-refractivity contribution >= 4 is 27.0 Å². The molecule has 1 unspecified atom stereocenters. The van der Waals surface area contributed by atoms with Gasteiger partial charge in [0, 0.05) is 16.8 Å². The van der Waals surface area contributed by atoms with Crippen molar-refractivity contribution in [1.82, 2.24) is 9.71 Å². The SMILES string of the molecule is CCc1cnc(C(C)NS(=O)(=O)c2cccc(N)c2)s1. The Morgan fingerprint density at radius 3 is 2.80 bits per heavy atom. The molecule has 0 amide bonds. The van der Waals surface area contributed by atoms with Crippen molar-refractivity contribution in [3.63, 3.8) is 0 Å². The smallest absolute Gasteiger partial charge is 0.241 e. The number of sulfonamides is 1. The van der Waals surface area contributed by atoms with Crippen LogP contribution in [0.2, 0.25) is 0 Å². The van der Waals surface area contributed by atoms with E-state index in [1.165, 1.54) is 23.5 Å². The van der Waals surface area contributed by atoms with Gasteiger partial charge in [-0.05, 0) is 31.5 Å². The molecule has 0 aliphatic carbocycles. The monoisotopic (exact) mass is 311 g/mol. The Hall–Kier alpha value is -1.44. The van der Waals surface area contributed by atoms with Crippen LogP contribution >= 0.6 is 11.3 Å². The van der Waals surface area contributed by atoms with Crippen LogP contribution in [0, 0.1) is 0 Å². The molecule has 1 aromatic heterocycles. The lowest BCUT2D eigenvalue weighted by atomic mass is 10.3. The summed E-state index contributed by atoms with van der Waals surface area (Å²) < 4.78 is 27.1. The zero-order valence-electron chi connectivity index (χ0n) is 11.3. The van der Waals surface area contributed by atoms with Gasteiger partial charge in [0.25, 0.3) is 0 Å². The van der Waals surface area contributed by atoms with E-state index in [0.29, 0.717) is 5.69 Å². The number of rotatable bonds is 5. The van der Waals surface area contributed by atoms with E-state index < -0.39 is 10.0 Å². The topological polar surface area (TPSA) is 85.1 Å². The second kappa shape index (κ2) is 5.90. The first kappa shape index (κ1) is 15.0. The van der Waals surface area contributed by atoms with E-state index in [0.717, 1.165) is 16.3 Å². The highest BCUT2D eigenvalue weighted by atomic mass is 32.2. The van der Waals surface area contributed by atoms with Gasteiger partial charge in [-0.3, -0.25) is 0 Å². The van der Waals surface area contributed by atoms with Crippen LogP contribution in [0.1, 0.15) is 29.8 Å². The van der Waals surface area contributed by atoms with Gasteiger partial charge in [0.05, 0.1) is 10.9 Å². The molecule has 1 aromatic carbocycles. The fraction of sp³-hybridized carbons (Fsp3) is 0.308. The van der Waals surface area contributed by atoms with Gasteiger partial charge in [-0.1, -0.05) is 13.0 Å². The van der Waals surface area contributed by atoms with Gasteiger partial charge in [-0.2, -0.15) is 0 Å². The van der Waals surface area contributed by atoms with Crippen LogP contribution in [0.4, 0.5) is 5.69 Å². The minimum Gasteiger partial charge on any atom is -0.399 e. The lowest BCUT2D eigenvalue weighted by molar-refractivity contribution is 0.566. The molecule has 0 aliphatic heterocycles. The van der Waals surface area contributed by atoms with Crippen LogP contribution in [0.25, 0.3) is 0 Å². The average Bonchev–Trinajstić information content (AvgIpc) is 2.87. The second-order valence-electron chi connectivity index (χ2n) is 4.43. The molecule has 7 heteroatoms. The molecule has 0 fully saturated rings. The molecule has 1 atom stereocenters. The van der Waals surface area contributed by atoms with E-state index in [1.54, 1.807) is 25.3 Å². The fourth-order valence-electron chi connectivity index (χ4n) is 1.72. The van der Waals surface area contributed by atoms with Crippen molar-refractivity contribution < 1.29 is 8.42 Å². The number of aryl methyl sites for hydroxylation is 1. The standard InChI is InChI=1S/C13H17N3O2S2/c1-3-11-8-15-13(19-11)9(2)16-20(17,18)12-6-4-5-10(14)7-12/h4-9,16H,3,14H2,1-2H3. The van der Waals surface area contributed by atoms with Crippen molar-refractivity contribution in [2.75, 3.05) is 5.73 Å². The Morgan fingerprint density at radius 2 is 2.20 bits per heavy atom. The Bertz CT molecular complexity index is 695. The molecule has 1 heterocycles. The number of thiazole rings is 1. The molecule has 20 heavy (non-hydrogen) atoms. The number of nitrogens with zero attached hydrogens (tertiary/aromatic N) is 1. The summed E-state index contributed by atoms with van der Waals surface area (Å²) in [4.78, 5) is 5.55. The first-order chi connectivity index (χ1) is 9.42. The number of hydrogen-bond acceptors (Lipinski definition) is 5. The quantitative estimate of drug-likeness (QED) is 0.830. The Labute approximate surface area is 122 Å². The van der Waals surface area contributed by atoms with Crippen molar-refractivity contribution in [3.8, 4) is 0 Å². The zero-order chi connectivity index (χ0) is 14.8. The number of aromatic nitrogens is 1. The van der Waals surface area contributed by atoms with Gasteiger partial charge in [-0.25, -0.2) is 18.1 Å². The maximum Gasteiger partial charge on any atom is 0.241 e. The molecule has 0 radical (unpaired) electrons. The van der Waals surface area contributed by atoms with Gasteiger partial charge >= 0.3 is 0 Å². The van der Waals surface area contributed by atoms with Crippen LogP contribution in [0.15, 0.2) is 35.4 Å². The van der Waals surface area contributed by atoms with Crippen LogP contribution in [-0.4, -0.2) is 13.4 Å². The molecule has 2 aromatic rings. The van der Waals surface area contributed by atoms with Gasteiger partial charge in [0.2, 0.25) is 10.0 Å². The fourth-order valence-corrected chi connectivity index (χ4v) is 3.92. The molecule has 5 nitrogen and oxygen atoms in total. The van der Waals surface area contributed by atoms with Gasteiger partial charge < -0.3 is 5.73 Å². The third kappa shape index (κ3) is 3.36.